The molecule has 0 aliphatic heterocycles. The largest absolute Gasteiger partial charge is 0.504 e. The summed E-state index contributed by atoms with van der Waals surface area (Å²) in [4.78, 5) is 0. The van der Waals surface area contributed by atoms with Crippen LogP contribution >= 0.6 is 0 Å². The fraction of sp³-hybridized carbons (Fsp3) is 0.684. The number of rotatable bonds is 1. The van der Waals surface area contributed by atoms with Gasteiger partial charge in [0.1, 0.15) is 0 Å². The van der Waals surface area contributed by atoms with Crippen LogP contribution in [-0.4, -0.2) is 34.6 Å². The smallest absolute Gasteiger partial charge is 0.160 e. The zero-order chi connectivity index (χ0) is 16.4. The van der Waals surface area contributed by atoms with E-state index in [2.05, 4.69) is 6.92 Å². The average Bonchev–Trinajstić information content (AvgIpc) is 2.77. The third-order valence-corrected chi connectivity index (χ3v) is 7.00. The van der Waals surface area contributed by atoms with Crippen molar-refractivity contribution in [2.75, 3.05) is 7.11 Å². The van der Waals surface area contributed by atoms with Gasteiger partial charge in [-0.15, -0.1) is 0 Å². The van der Waals surface area contributed by atoms with Crippen LogP contribution < -0.4 is 4.74 Å². The van der Waals surface area contributed by atoms with Crippen molar-refractivity contribution in [3.63, 3.8) is 0 Å². The monoisotopic (exact) mass is 318 g/mol. The molecule has 2 saturated carbocycles. The van der Waals surface area contributed by atoms with Crippen molar-refractivity contribution in [2.24, 2.45) is 17.3 Å². The predicted molar refractivity (Wildman–Crippen MR) is 86.7 cm³/mol. The van der Waals surface area contributed by atoms with Gasteiger partial charge in [0.25, 0.3) is 0 Å². The molecule has 126 valence electrons. The fourth-order valence-corrected chi connectivity index (χ4v) is 5.74. The minimum Gasteiger partial charge on any atom is -0.504 e. The molecule has 2 fully saturated rings. The van der Waals surface area contributed by atoms with Gasteiger partial charge in [-0.25, -0.2) is 0 Å². The SMILES string of the molecule is COc1cc2c(cc1O)CC[C@@H]1[C@@H]2CC[C@]2(C)[C@H](O)C(O)C[C@@H]12. The molecule has 0 saturated heterocycles. The van der Waals surface area contributed by atoms with Crippen molar-refractivity contribution < 1.29 is 20.1 Å². The molecule has 0 bridgehead atoms. The maximum atomic E-state index is 10.5. The minimum absolute atomic E-state index is 0.154. The predicted octanol–water partition coefficient (Wildman–Crippen LogP) is 2.59. The van der Waals surface area contributed by atoms with Crippen molar-refractivity contribution >= 4 is 0 Å². The number of hydrogen-bond acceptors (Lipinski definition) is 4. The van der Waals surface area contributed by atoms with Crippen LogP contribution in [0.5, 0.6) is 11.5 Å². The van der Waals surface area contributed by atoms with E-state index in [1.807, 2.05) is 12.1 Å². The minimum atomic E-state index is -0.593. The number of ether oxygens (including phenoxy) is 1. The van der Waals surface area contributed by atoms with Crippen molar-refractivity contribution in [1.82, 2.24) is 0 Å². The lowest BCUT2D eigenvalue weighted by Gasteiger charge is -2.49. The lowest BCUT2D eigenvalue weighted by atomic mass is 9.55. The van der Waals surface area contributed by atoms with Gasteiger partial charge in [0, 0.05) is 0 Å². The second-order valence-corrected chi connectivity index (χ2v) is 7.93. The number of fused-ring (bicyclic) bond motifs is 5. The van der Waals surface area contributed by atoms with Crippen molar-refractivity contribution in [3.8, 4) is 11.5 Å². The number of hydrogen-bond donors (Lipinski definition) is 3. The molecule has 4 nitrogen and oxygen atoms in total. The second kappa shape index (κ2) is 5.12. The highest BCUT2D eigenvalue weighted by molar-refractivity contribution is 5.49. The molecule has 0 aromatic heterocycles. The molecule has 0 amide bonds. The zero-order valence-corrected chi connectivity index (χ0v) is 13.8. The van der Waals surface area contributed by atoms with Crippen molar-refractivity contribution in [1.29, 1.82) is 0 Å². The van der Waals surface area contributed by atoms with Crippen LogP contribution in [0.4, 0.5) is 0 Å². The van der Waals surface area contributed by atoms with Crippen LogP contribution in [0.3, 0.4) is 0 Å². The Bertz CT molecular complexity index is 628. The van der Waals surface area contributed by atoms with Crippen LogP contribution in [0.25, 0.3) is 0 Å². The van der Waals surface area contributed by atoms with Gasteiger partial charge in [-0.1, -0.05) is 6.92 Å². The highest BCUT2D eigenvalue weighted by Crippen LogP contribution is 2.61. The van der Waals surface area contributed by atoms with E-state index < -0.39 is 12.2 Å². The first-order chi connectivity index (χ1) is 11.0. The Morgan fingerprint density at radius 3 is 2.74 bits per heavy atom. The van der Waals surface area contributed by atoms with E-state index in [9.17, 15) is 15.3 Å². The fourth-order valence-electron chi connectivity index (χ4n) is 5.74. The van der Waals surface area contributed by atoms with Crippen LogP contribution in [0.15, 0.2) is 12.1 Å². The van der Waals surface area contributed by atoms with Gasteiger partial charge in [0.15, 0.2) is 11.5 Å². The Morgan fingerprint density at radius 2 is 2.00 bits per heavy atom. The van der Waals surface area contributed by atoms with Gasteiger partial charge in [0.05, 0.1) is 19.3 Å². The molecule has 4 rings (SSSR count). The number of phenolic OH excluding ortho intramolecular Hbond substituents is 1. The summed E-state index contributed by atoms with van der Waals surface area (Å²) in [5.41, 5.74) is 2.38. The Balaban J connectivity index is 1.72. The van der Waals surface area contributed by atoms with E-state index in [1.165, 1.54) is 11.1 Å². The number of aliphatic hydroxyl groups excluding tert-OH is 2. The Morgan fingerprint density at radius 1 is 1.22 bits per heavy atom. The molecule has 23 heavy (non-hydrogen) atoms. The van der Waals surface area contributed by atoms with E-state index >= 15 is 0 Å². The summed E-state index contributed by atoms with van der Waals surface area (Å²) in [6.45, 7) is 2.15. The number of aliphatic hydroxyl groups is 2. The second-order valence-electron chi connectivity index (χ2n) is 7.93. The third-order valence-electron chi connectivity index (χ3n) is 7.00. The van der Waals surface area contributed by atoms with E-state index in [1.54, 1.807) is 7.11 Å². The standard InChI is InChI=1S/C19H26O4/c1-19-6-5-11-12(14(19)9-16(21)18(19)22)4-3-10-7-15(20)17(23-2)8-13(10)11/h7-8,11-12,14,16,18,20-22H,3-6,9H2,1-2H3/t11-,12+,14-,16?,18+,19-/m0/s1. The summed E-state index contributed by atoms with van der Waals surface area (Å²) in [6, 6.07) is 3.86. The lowest BCUT2D eigenvalue weighted by molar-refractivity contribution is -0.0505. The molecular weight excluding hydrogens is 292 g/mol. The van der Waals surface area contributed by atoms with Gasteiger partial charge >= 0.3 is 0 Å². The van der Waals surface area contributed by atoms with Crippen LogP contribution in [0.2, 0.25) is 0 Å². The summed E-state index contributed by atoms with van der Waals surface area (Å²) in [7, 11) is 1.59. The molecule has 3 aliphatic carbocycles. The first-order valence-electron chi connectivity index (χ1n) is 8.71. The molecule has 0 heterocycles. The normalized spacial score (nSPS) is 41.8. The van der Waals surface area contributed by atoms with E-state index in [0.29, 0.717) is 29.9 Å². The number of aromatic hydroxyl groups is 1. The highest BCUT2D eigenvalue weighted by atomic mass is 16.5. The van der Waals surface area contributed by atoms with Crippen LogP contribution in [0.1, 0.15) is 49.7 Å². The number of aryl methyl sites for hydroxylation is 1. The molecule has 0 spiro atoms. The quantitative estimate of drug-likeness (QED) is 0.744. The molecule has 3 aliphatic rings. The maximum Gasteiger partial charge on any atom is 0.160 e. The van der Waals surface area contributed by atoms with E-state index in [0.717, 1.165) is 25.7 Å². The Labute approximate surface area is 137 Å². The van der Waals surface area contributed by atoms with Crippen LogP contribution in [-0.2, 0) is 6.42 Å². The molecule has 6 atom stereocenters. The van der Waals surface area contributed by atoms with Gasteiger partial charge in [-0.05, 0) is 78.5 Å². The first kappa shape index (κ1) is 15.3. The Kier molecular flexibility index (Phi) is 3.40. The van der Waals surface area contributed by atoms with Gasteiger partial charge < -0.3 is 20.1 Å². The summed E-state index contributed by atoms with van der Waals surface area (Å²) in [5, 5.41) is 30.7. The third kappa shape index (κ3) is 2.04. The summed E-state index contributed by atoms with van der Waals surface area (Å²) < 4.78 is 5.30. The van der Waals surface area contributed by atoms with Crippen LogP contribution in [0, 0.1) is 17.3 Å². The van der Waals surface area contributed by atoms with Gasteiger partial charge in [-0.3, -0.25) is 0 Å². The molecule has 1 unspecified atom stereocenters. The van der Waals surface area contributed by atoms with Gasteiger partial charge in [-0.2, -0.15) is 0 Å². The van der Waals surface area contributed by atoms with Crippen molar-refractivity contribution in [3.05, 3.63) is 23.3 Å². The molecule has 1 aromatic carbocycles. The first-order valence-corrected chi connectivity index (χ1v) is 8.71. The van der Waals surface area contributed by atoms with E-state index in [4.69, 9.17) is 4.74 Å². The van der Waals surface area contributed by atoms with Crippen molar-refractivity contribution in [2.45, 2.75) is 57.2 Å². The summed E-state index contributed by atoms with van der Waals surface area (Å²) >= 11 is 0. The Hall–Kier alpha value is -1.26. The molecule has 0 radical (unpaired) electrons. The van der Waals surface area contributed by atoms with E-state index in [-0.39, 0.29) is 11.2 Å². The number of phenols is 1. The van der Waals surface area contributed by atoms with Gasteiger partial charge in [0.2, 0.25) is 0 Å². The highest BCUT2D eigenvalue weighted by Gasteiger charge is 2.57. The maximum absolute atomic E-state index is 10.5. The summed E-state index contributed by atoms with van der Waals surface area (Å²) in [6.07, 6.45) is 3.53. The molecule has 3 N–H and O–H groups in total. The number of methoxy groups -OCH3 is 1. The molecule has 1 aromatic rings. The zero-order valence-electron chi connectivity index (χ0n) is 13.8. The number of benzene rings is 1. The molecular formula is C19H26O4. The molecule has 4 heteroatoms. The summed E-state index contributed by atoms with van der Waals surface area (Å²) in [5.74, 6) is 2.09. The lowest BCUT2D eigenvalue weighted by Crippen LogP contribution is -2.44. The average molecular weight is 318 g/mol. The topological polar surface area (TPSA) is 69.9 Å².